The summed E-state index contributed by atoms with van der Waals surface area (Å²) in [5.41, 5.74) is 1.51. The van der Waals surface area contributed by atoms with Crippen molar-refractivity contribution < 1.29 is 13.6 Å². The topological polar surface area (TPSA) is 54.6 Å². The van der Waals surface area contributed by atoms with E-state index in [9.17, 15) is 9.18 Å². The van der Waals surface area contributed by atoms with Gasteiger partial charge in [-0.25, -0.2) is 9.38 Å². The summed E-state index contributed by atoms with van der Waals surface area (Å²) in [7, 11) is 0. The van der Waals surface area contributed by atoms with Crippen molar-refractivity contribution in [1.29, 1.82) is 0 Å². The van der Waals surface area contributed by atoms with Gasteiger partial charge in [-0.2, -0.15) is 0 Å². The smallest absolute Gasteiger partial charge is 0.264 e. The molecule has 1 fully saturated rings. The Morgan fingerprint density at radius 2 is 1.78 bits per heavy atom. The van der Waals surface area contributed by atoms with Gasteiger partial charge in [-0.05, 0) is 60.3 Å². The summed E-state index contributed by atoms with van der Waals surface area (Å²) in [6, 6.07) is 17.2. The summed E-state index contributed by atoms with van der Waals surface area (Å²) in [4.78, 5) is 16.9. The van der Waals surface area contributed by atoms with Gasteiger partial charge in [0, 0.05) is 16.1 Å². The van der Waals surface area contributed by atoms with E-state index in [1.54, 1.807) is 18.2 Å². The van der Waals surface area contributed by atoms with Crippen LogP contribution in [0.1, 0.15) is 5.76 Å². The standard InChI is InChI=1S/C20H12BrFN2O2S/c21-13-3-1-12(2-4-13)17-10-9-16(26-17)11-18-19(25)24-20(27-18)23-15-7-5-14(22)6-8-15/h1-11H,(H,23,24,25)/b18-11+. The second-order valence-corrected chi connectivity index (χ2v) is 7.61. The van der Waals surface area contributed by atoms with Crippen LogP contribution in [-0.4, -0.2) is 11.1 Å². The van der Waals surface area contributed by atoms with Crippen molar-refractivity contribution in [3.05, 3.63) is 81.6 Å². The maximum Gasteiger partial charge on any atom is 0.264 e. The number of thioether (sulfide) groups is 1. The summed E-state index contributed by atoms with van der Waals surface area (Å²) in [5.74, 6) is 0.719. The Labute approximate surface area is 167 Å². The van der Waals surface area contributed by atoms with Crippen LogP contribution < -0.4 is 5.32 Å². The number of amidine groups is 1. The Balaban J connectivity index is 1.53. The van der Waals surface area contributed by atoms with Gasteiger partial charge < -0.3 is 9.73 Å². The first-order valence-corrected chi connectivity index (χ1v) is 9.59. The van der Waals surface area contributed by atoms with Gasteiger partial charge in [-0.15, -0.1) is 0 Å². The van der Waals surface area contributed by atoms with Gasteiger partial charge in [-0.3, -0.25) is 4.79 Å². The first kappa shape index (κ1) is 17.8. The van der Waals surface area contributed by atoms with E-state index < -0.39 is 0 Å². The van der Waals surface area contributed by atoms with E-state index in [-0.39, 0.29) is 11.7 Å². The van der Waals surface area contributed by atoms with Crippen LogP contribution in [0.15, 0.2) is 79.5 Å². The lowest BCUT2D eigenvalue weighted by atomic mass is 10.2. The molecule has 4 nitrogen and oxygen atoms in total. The molecule has 27 heavy (non-hydrogen) atoms. The van der Waals surface area contributed by atoms with Crippen LogP contribution in [-0.2, 0) is 4.79 Å². The van der Waals surface area contributed by atoms with E-state index in [1.807, 2.05) is 36.4 Å². The van der Waals surface area contributed by atoms with Crippen molar-refractivity contribution in [2.45, 2.75) is 0 Å². The Kier molecular flexibility index (Phi) is 4.96. The van der Waals surface area contributed by atoms with Crippen LogP contribution in [0.25, 0.3) is 17.4 Å². The van der Waals surface area contributed by atoms with Gasteiger partial charge in [0.1, 0.15) is 17.3 Å². The van der Waals surface area contributed by atoms with Gasteiger partial charge in [0.15, 0.2) is 5.17 Å². The summed E-state index contributed by atoms with van der Waals surface area (Å²) in [5, 5.41) is 3.14. The minimum atomic E-state index is -0.331. The van der Waals surface area contributed by atoms with E-state index in [1.165, 1.54) is 23.9 Å². The molecular formula is C20H12BrFN2O2S. The van der Waals surface area contributed by atoms with Gasteiger partial charge in [0.05, 0.1) is 10.6 Å². The lowest BCUT2D eigenvalue weighted by Crippen LogP contribution is -2.19. The van der Waals surface area contributed by atoms with Crippen LogP contribution in [0.3, 0.4) is 0 Å². The molecular weight excluding hydrogens is 431 g/mol. The number of hydrogen-bond donors (Lipinski definition) is 1. The molecule has 1 aliphatic rings. The highest BCUT2D eigenvalue weighted by Crippen LogP contribution is 2.30. The molecule has 3 aromatic rings. The number of amides is 1. The summed E-state index contributed by atoms with van der Waals surface area (Å²) >= 11 is 4.61. The highest BCUT2D eigenvalue weighted by molar-refractivity contribution is 9.10. The predicted octanol–water partition coefficient (Wildman–Crippen LogP) is 5.74. The SMILES string of the molecule is O=C1NC(=Nc2ccc(F)cc2)S/C1=C/c1ccc(-c2ccc(Br)cc2)o1. The van der Waals surface area contributed by atoms with E-state index in [2.05, 4.69) is 26.2 Å². The monoisotopic (exact) mass is 442 g/mol. The quantitative estimate of drug-likeness (QED) is 0.526. The molecule has 0 aliphatic carbocycles. The fourth-order valence-corrected chi connectivity index (χ4v) is 3.53. The largest absolute Gasteiger partial charge is 0.457 e. The predicted molar refractivity (Wildman–Crippen MR) is 109 cm³/mol. The number of furan rings is 1. The van der Waals surface area contributed by atoms with E-state index >= 15 is 0 Å². The zero-order valence-corrected chi connectivity index (χ0v) is 16.2. The average Bonchev–Trinajstić information content (AvgIpc) is 3.25. The number of halogens is 2. The lowest BCUT2D eigenvalue weighted by Gasteiger charge is -1.97. The first-order valence-electron chi connectivity index (χ1n) is 7.98. The van der Waals surface area contributed by atoms with Crippen LogP contribution >= 0.6 is 27.7 Å². The molecule has 2 heterocycles. The molecule has 4 rings (SSSR count). The lowest BCUT2D eigenvalue weighted by molar-refractivity contribution is -0.115. The van der Waals surface area contributed by atoms with Crippen LogP contribution in [0.4, 0.5) is 10.1 Å². The van der Waals surface area contributed by atoms with E-state index in [0.29, 0.717) is 21.5 Å². The van der Waals surface area contributed by atoms with Gasteiger partial charge in [0.25, 0.3) is 5.91 Å². The number of benzene rings is 2. The Bertz CT molecular complexity index is 1060. The molecule has 0 spiro atoms. The molecule has 2 aromatic carbocycles. The molecule has 0 unspecified atom stereocenters. The molecule has 0 radical (unpaired) electrons. The molecule has 0 bridgehead atoms. The maximum atomic E-state index is 13.0. The Hall–Kier alpha value is -2.64. The number of carbonyl (C=O) groups is 1. The summed E-state index contributed by atoms with van der Waals surface area (Å²) in [6.07, 6.45) is 1.68. The number of nitrogens with zero attached hydrogens (tertiary/aromatic N) is 1. The molecule has 134 valence electrons. The van der Waals surface area contributed by atoms with Crippen LogP contribution in [0, 0.1) is 5.82 Å². The minimum Gasteiger partial charge on any atom is -0.457 e. The Morgan fingerprint density at radius 3 is 2.52 bits per heavy atom. The van der Waals surface area contributed by atoms with Crippen LogP contribution in [0.2, 0.25) is 0 Å². The molecule has 1 saturated heterocycles. The number of hydrogen-bond acceptors (Lipinski definition) is 4. The number of nitrogens with one attached hydrogen (secondary N) is 1. The average molecular weight is 443 g/mol. The zero-order valence-electron chi connectivity index (χ0n) is 13.8. The third-order valence-electron chi connectivity index (χ3n) is 3.74. The fraction of sp³-hybridized carbons (Fsp3) is 0. The highest BCUT2D eigenvalue weighted by Gasteiger charge is 2.24. The summed E-state index contributed by atoms with van der Waals surface area (Å²) in [6.45, 7) is 0. The molecule has 0 saturated carbocycles. The summed E-state index contributed by atoms with van der Waals surface area (Å²) < 4.78 is 19.8. The number of carbonyl (C=O) groups excluding carboxylic acids is 1. The highest BCUT2D eigenvalue weighted by atomic mass is 79.9. The third kappa shape index (κ3) is 4.20. The van der Waals surface area contributed by atoms with Crippen molar-refractivity contribution in [2.75, 3.05) is 0 Å². The molecule has 1 aliphatic heterocycles. The Morgan fingerprint density at radius 1 is 1.04 bits per heavy atom. The molecule has 7 heteroatoms. The van der Waals surface area contributed by atoms with Gasteiger partial charge in [0.2, 0.25) is 0 Å². The van der Waals surface area contributed by atoms with E-state index in [0.717, 1.165) is 15.8 Å². The molecule has 1 aromatic heterocycles. The van der Waals surface area contributed by atoms with Crippen molar-refractivity contribution in [3.8, 4) is 11.3 Å². The van der Waals surface area contributed by atoms with Crippen LogP contribution in [0.5, 0.6) is 0 Å². The maximum absolute atomic E-state index is 13.0. The normalized spacial score (nSPS) is 16.9. The van der Waals surface area contributed by atoms with Crippen molar-refractivity contribution >= 4 is 50.5 Å². The molecule has 1 N–H and O–H groups in total. The van der Waals surface area contributed by atoms with Crippen molar-refractivity contribution in [3.63, 3.8) is 0 Å². The number of aliphatic imine (C=N–C) groups is 1. The minimum absolute atomic E-state index is 0.248. The van der Waals surface area contributed by atoms with Crippen molar-refractivity contribution in [2.24, 2.45) is 4.99 Å². The molecule has 1 amide bonds. The van der Waals surface area contributed by atoms with E-state index in [4.69, 9.17) is 4.42 Å². The fourth-order valence-electron chi connectivity index (χ4n) is 2.44. The first-order chi connectivity index (χ1) is 13.1. The van der Waals surface area contributed by atoms with Gasteiger partial charge >= 0.3 is 0 Å². The third-order valence-corrected chi connectivity index (χ3v) is 5.18. The zero-order chi connectivity index (χ0) is 18.8. The van der Waals surface area contributed by atoms with Gasteiger partial charge in [-0.1, -0.05) is 28.1 Å². The molecule has 0 atom stereocenters. The number of rotatable bonds is 3. The second-order valence-electron chi connectivity index (χ2n) is 5.67. The second kappa shape index (κ2) is 7.54. The van der Waals surface area contributed by atoms with Crippen molar-refractivity contribution in [1.82, 2.24) is 5.32 Å².